The lowest BCUT2D eigenvalue weighted by atomic mass is 10.0. The van der Waals surface area contributed by atoms with Crippen LogP contribution in [0.1, 0.15) is 29.2 Å². The first-order valence-corrected chi connectivity index (χ1v) is 15.1. The van der Waals surface area contributed by atoms with Crippen LogP contribution >= 0.6 is 0 Å². The van der Waals surface area contributed by atoms with E-state index >= 15 is 0 Å². The van der Waals surface area contributed by atoms with E-state index in [1.165, 1.54) is 29.2 Å². The molecule has 10 heteroatoms. The topological polar surface area (TPSA) is 62.3 Å². The molecule has 0 saturated carbocycles. The van der Waals surface area contributed by atoms with Crippen molar-refractivity contribution in [1.29, 1.82) is 0 Å². The highest BCUT2D eigenvalue weighted by Crippen LogP contribution is 2.29. The van der Waals surface area contributed by atoms with Crippen LogP contribution in [0.15, 0.2) is 84.9 Å². The van der Waals surface area contributed by atoms with Gasteiger partial charge in [0.25, 0.3) is 0 Å². The molecule has 0 aliphatic carbocycles. The highest BCUT2D eigenvalue weighted by Gasteiger charge is 2.32. The fourth-order valence-corrected chi connectivity index (χ4v) is 5.10. The number of morpholine rings is 1. The smallest absolute Gasteiger partial charge is 0.380 e. The van der Waals surface area contributed by atoms with Gasteiger partial charge in [0, 0.05) is 58.0 Å². The fraction of sp³-hybridized carbons (Fsp3) is 0.371. The average molecular weight is 624 g/mol. The largest absolute Gasteiger partial charge is 0.416 e. The summed E-state index contributed by atoms with van der Waals surface area (Å²) >= 11 is 0. The van der Waals surface area contributed by atoms with E-state index in [1.54, 1.807) is 11.9 Å². The van der Waals surface area contributed by atoms with Crippen LogP contribution in [0, 0.1) is 0 Å². The third-order valence-corrected chi connectivity index (χ3v) is 7.69. The van der Waals surface area contributed by atoms with E-state index in [2.05, 4.69) is 4.90 Å². The van der Waals surface area contributed by atoms with Crippen LogP contribution in [0.25, 0.3) is 6.08 Å². The van der Waals surface area contributed by atoms with Crippen molar-refractivity contribution < 1.29 is 32.2 Å². The Hall–Kier alpha value is -4.15. The van der Waals surface area contributed by atoms with Gasteiger partial charge in [-0.1, -0.05) is 54.6 Å². The van der Waals surface area contributed by atoms with Crippen molar-refractivity contribution >= 4 is 23.6 Å². The quantitative estimate of drug-likeness (QED) is 0.181. The molecule has 4 rings (SSSR count). The molecule has 1 fully saturated rings. The van der Waals surface area contributed by atoms with E-state index in [0.29, 0.717) is 38.5 Å². The summed E-state index contributed by atoms with van der Waals surface area (Å²) in [6, 6.07) is 21.1. The number of amides is 2. The molecule has 1 aliphatic rings. The molecule has 0 aromatic heterocycles. The predicted molar refractivity (Wildman–Crippen MR) is 169 cm³/mol. The maximum Gasteiger partial charge on any atom is 0.416 e. The van der Waals surface area contributed by atoms with Crippen molar-refractivity contribution in [1.82, 2.24) is 9.80 Å². The Morgan fingerprint density at radius 1 is 0.956 bits per heavy atom. The summed E-state index contributed by atoms with van der Waals surface area (Å²) in [5, 5.41) is 0. The van der Waals surface area contributed by atoms with Gasteiger partial charge in [0.1, 0.15) is 6.04 Å². The number of halogens is 3. The minimum Gasteiger partial charge on any atom is -0.380 e. The summed E-state index contributed by atoms with van der Waals surface area (Å²) in [4.78, 5) is 33.2. The monoisotopic (exact) mass is 623 g/mol. The Bertz CT molecular complexity index is 1390. The fourth-order valence-electron chi connectivity index (χ4n) is 5.10. The Morgan fingerprint density at radius 3 is 2.24 bits per heavy atom. The number of carbonyl (C=O) groups is 2. The van der Waals surface area contributed by atoms with Crippen LogP contribution in [0.4, 0.5) is 18.9 Å². The van der Waals surface area contributed by atoms with Crippen LogP contribution in [0.5, 0.6) is 0 Å². The molecule has 0 spiro atoms. The molecule has 7 nitrogen and oxygen atoms in total. The molecule has 1 unspecified atom stereocenters. The number of hydrogen-bond donors (Lipinski definition) is 0. The Labute approximate surface area is 262 Å². The molecule has 1 heterocycles. The third kappa shape index (κ3) is 9.92. The number of nitrogens with zero attached hydrogens (tertiary/aromatic N) is 3. The summed E-state index contributed by atoms with van der Waals surface area (Å²) in [5.41, 5.74) is 2.45. The van der Waals surface area contributed by atoms with Gasteiger partial charge in [-0.05, 0) is 54.0 Å². The number of rotatable bonds is 13. The van der Waals surface area contributed by atoms with Gasteiger partial charge in [0.2, 0.25) is 11.8 Å². The highest BCUT2D eigenvalue weighted by molar-refractivity contribution is 5.95. The second kappa shape index (κ2) is 16.2. The second-order valence-corrected chi connectivity index (χ2v) is 10.8. The van der Waals surface area contributed by atoms with E-state index in [4.69, 9.17) is 9.47 Å². The van der Waals surface area contributed by atoms with Gasteiger partial charge < -0.3 is 24.2 Å². The molecule has 0 radical (unpaired) electrons. The summed E-state index contributed by atoms with van der Waals surface area (Å²) < 4.78 is 50.1. The van der Waals surface area contributed by atoms with Crippen molar-refractivity contribution in [3.05, 3.63) is 107 Å². The van der Waals surface area contributed by atoms with E-state index in [1.807, 2.05) is 61.5 Å². The Balaban J connectivity index is 1.64. The van der Waals surface area contributed by atoms with Gasteiger partial charge in [-0.3, -0.25) is 9.59 Å². The number of likely N-dealkylation sites (N-methyl/N-ethyl adjacent to an activating group) is 1. The minimum absolute atomic E-state index is 0.155. The van der Waals surface area contributed by atoms with Gasteiger partial charge in [-0.25, -0.2) is 0 Å². The number of ether oxygens (including phenoxy) is 2. The number of hydrogen-bond acceptors (Lipinski definition) is 5. The lowest BCUT2D eigenvalue weighted by Gasteiger charge is -2.33. The van der Waals surface area contributed by atoms with Gasteiger partial charge in [0.15, 0.2) is 0 Å². The van der Waals surface area contributed by atoms with Gasteiger partial charge in [0.05, 0.1) is 25.4 Å². The third-order valence-electron chi connectivity index (χ3n) is 7.69. The number of carbonyl (C=O) groups excluding carboxylic acids is 2. The highest BCUT2D eigenvalue weighted by atomic mass is 19.4. The maximum absolute atomic E-state index is 14.0. The zero-order valence-electron chi connectivity index (χ0n) is 25.7. The average Bonchev–Trinajstić information content (AvgIpc) is 3.06. The lowest BCUT2D eigenvalue weighted by molar-refractivity contribution is -0.143. The lowest BCUT2D eigenvalue weighted by Crippen LogP contribution is -2.51. The molecule has 1 saturated heterocycles. The molecular formula is C35H40F3N3O4. The van der Waals surface area contributed by atoms with Crippen molar-refractivity contribution in [2.45, 2.75) is 32.1 Å². The Morgan fingerprint density at radius 2 is 1.62 bits per heavy atom. The molecule has 1 atom stereocenters. The van der Waals surface area contributed by atoms with Crippen LogP contribution in [0.3, 0.4) is 0 Å². The SMILES string of the molecule is CCOCCN(C)C(=O)C(Cc1ccccc1)N(Cc1ccc(N2CCOCC2)cc1)C(=O)C=Cc1ccc(C(F)(F)F)cc1. The number of alkyl halides is 3. The summed E-state index contributed by atoms with van der Waals surface area (Å²) in [5.74, 6) is -0.667. The molecule has 1 aliphatic heterocycles. The Kier molecular flexibility index (Phi) is 12.2. The molecule has 240 valence electrons. The van der Waals surface area contributed by atoms with Gasteiger partial charge >= 0.3 is 6.18 Å². The minimum atomic E-state index is -4.45. The molecular weight excluding hydrogens is 583 g/mol. The first kappa shape index (κ1) is 33.7. The van der Waals surface area contributed by atoms with Crippen LogP contribution < -0.4 is 4.90 Å². The maximum atomic E-state index is 14.0. The molecule has 3 aromatic rings. The van der Waals surface area contributed by atoms with E-state index in [-0.39, 0.29) is 18.9 Å². The standard InChI is InChI=1S/C35H40F3N3O4/c1-3-44-22-19-39(2)34(43)32(25-28-7-5-4-6-8-28)41(26-29-11-16-31(17-12-29)40-20-23-45-24-21-40)33(42)18-13-27-9-14-30(15-10-27)35(36,37)38/h4-18,32H,3,19-26H2,1-2H3. The first-order valence-electron chi connectivity index (χ1n) is 15.1. The predicted octanol–water partition coefficient (Wildman–Crippen LogP) is 5.69. The summed E-state index contributed by atoms with van der Waals surface area (Å²) in [6.45, 7) is 6.19. The zero-order chi connectivity index (χ0) is 32.2. The van der Waals surface area contributed by atoms with Crippen LogP contribution in [-0.4, -0.2) is 80.8 Å². The second-order valence-electron chi connectivity index (χ2n) is 10.8. The van der Waals surface area contributed by atoms with Crippen molar-refractivity contribution in [2.24, 2.45) is 0 Å². The summed E-state index contributed by atoms with van der Waals surface area (Å²) in [6.07, 6.45) is -1.38. The van der Waals surface area contributed by atoms with Crippen molar-refractivity contribution in [3.63, 3.8) is 0 Å². The molecule has 0 bridgehead atoms. The van der Waals surface area contributed by atoms with Gasteiger partial charge in [-0.2, -0.15) is 13.2 Å². The zero-order valence-corrected chi connectivity index (χ0v) is 25.7. The summed E-state index contributed by atoms with van der Waals surface area (Å²) in [7, 11) is 1.69. The molecule has 0 N–H and O–H groups in total. The van der Waals surface area contributed by atoms with E-state index < -0.39 is 23.7 Å². The number of anilines is 1. The van der Waals surface area contributed by atoms with Crippen molar-refractivity contribution in [2.75, 3.05) is 58.0 Å². The first-order chi connectivity index (χ1) is 21.7. The van der Waals surface area contributed by atoms with Crippen molar-refractivity contribution in [3.8, 4) is 0 Å². The van der Waals surface area contributed by atoms with Crippen LogP contribution in [-0.2, 0) is 38.2 Å². The van der Waals surface area contributed by atoms with E-state index in [0.717, 1.165) is 42.0 Å². The van der Waals surface area contributed by atoms with Crippen LogP contribution in [0.2, 0.25) is 0 Å². The molecule has 2 amide bonds. The molecule has 3 aromatic carbocycles. The normalized spacial score (nSPS) is 14.4. The number of benzene rings is 3. The molecule has 45 heavy (non-hydrogen) atoms. The van der Waals surface area contributed by atoms with E-state index in [9.17, 15) is 22.8 Å². The van der Waals surface area contributed by atoms with Gasteiger partial charge in [-0.15, -0.1) is 0 Å².